The van der Waals surface area contributed by atoms with Crippen LogP contribution in [0.25, 0.3) is 0 Å². The van der Waals surface area contributed by atoms with Crippen LogP contribution in [0.4, 0.5) is 0 Å². The molecular weight excluding hydrogens is 424 g/mol. The number of allylic oxidation sites excluding steroid dienone is 2. The van der Waals surface area contributed by atoms with Gasteiger partial charge in [0.05, 0.1) is 12.2 Å². The van der Waals surface area contributed by atoms with E-state index in [-0.39, 0.29) is 23.5 Å². The molecule has 0 radical (unpaired) electrons. The number of carbonyl (C=O) groups is 1. The molecule has 8 atom stereocenters. The second kappa shape index (κ2) is 9.82. The Labute approximate surface area is 207 Å². The summed E-state index contributed by atoms with van der Waals surface area (Å²) in [4.78, 5) is 12.7. The van der Waals surface area contributed by atoms with E-state index in [1.807, 2.05) is 0 Å². The monoisotopic (exact) mass is 472 g/mol. The normalized spacial score (nSPS) is 39.3. The van der Waals surface area contributed by atoms with Crippen LogP contribution in [0.1, 0.15) is 86.0 Å². The third kappa shape index (κ3) is 4.48. The lowest BCUT2D eigenvalue weighted by Crippen LogP contribution is -2.36. The zero-order chi connectivity index (χ0) is 24.7. The molecule has 0 spiro atoms. The van der Waals surface area contributed by atoms with Crippen molar-refractivity contribution >= 4 is 5.78 Å². The molecule has 0 aromatic rings. The summed E-state index contributed by atoms with van der Waals surface area (Å²) < 4.78 is 11.0. The maximum atomic E-state index is 12.7. The van der Waals surface area contributed by atoms with Gasteiger partial charge in [-0.05, 0) is 87.9 Å². The highest BCUT2D eigenvalue weighted by Gasteiger charge is 2.66. The quantitative estimate of drug-likeness (QED) is 0.298. The summed E-state index contributed by atoms with van der Waals surface area (Å²) in [5, 5.41) is 10.3. The van der Waals surface area contributed by atoms with E-state index in [1.54, 1.807) is 12.7 Å². The lowest BCUT2D eigenvalue weighted by atomic mass is 9.60. The highest BCUT2D eigenvalue weighted by atomic mass is 16.7. The van der Waals surface area contributed by atoms with Gasteiger partial charge in [-0.25, -0.2) is 0 Å². The van der Waals surface area contributed by atoms with E-state index in [2.05, 4.69) is 52.8 Å². The summed E-state index contributed by atoms with van der Waals surface area (Å²) >= 11 is 0. The standard InChI is InChI=1S/C30H48O4/c1-20(9-10-21(2)28(3,4)34-19-33-6)25-12-13-26-22(8-7-15-29(25,26)5)16-24(18-31)30-17-23(30)11-14-27(30)32/h9-10,16,20-21,23-26,31H,7-8,11-15,17-19H2,1-6H3/t20-,21+,23-,24+,25-,26+,29-,30+/m1/s1. The largest absolute Gasteiger partial charge is 0.396 e. The molecule has 1 N–H and O–H groups in total. The number of carbonyl (C=O) groups excluding carboxylic acids is 1. The zero-order valence-corrected chi connectivity index (χ0v) is 22.4. The molecular formula is C30H48O4. The van der Waals surface area contributed by atoms with Crippen molar-refractivity contribution in [3.05, 3.63) is 23.8 Å². The first-order valence-corrected chi connectivity index (χ1v) is 13.8. The van der Waals surface area contributed by atoms with Gasteiger partial charge in [-0.1, -0.05) is 44.6 Å². The van der Waals surface area contributed by atoms with Crippen molar-refractivity contribution in [2.75, 3.05) is 20.5 Å². The Kier molecular flexibility index (Phi) is 7.54. The summed E-state index contributed by atoms with van der Waals surface area (Å²) in [6, 6.07) is 0. The molecule has 0 unspecified atom stereocenters. The molecule has 4 aliphatic carbocycles. The topological polar surface area (TPSA) is 55.8 Å². The minimum Gasteiger partial charge on any atom is -0.396 e. The minimum atomic E-state index is -0.258. The summed E-state index contributed by atoms with van der Waals surface area (Å²) in [7, 11) is 1.67. The molecule has 34 heavy (non-hydrogen) atoms. The van der Waals surface area contributed by atoms with Crippen molar-refractivity contribution in [3.8, 4) is 0 Å². The lowest BCUT2D eigenvalue weighted by molar-refractivity contribution is -0.128. The van der Waals surface area contributed by atoms with Crippen molar-refractivity contribution in [2.24, 2.45) is 46.3 Å². The highest BCUT2D eigenvalue weighted by Crippen LogP contribution is 2.67. The van der Waals surface area contributed by atoms with Crippen LogP contribution in [0.2, 0.25) is 0 Å². The number of fused-ring (bicyclic) bond motifs is 2. The maximum absolute atomic E-state index is 12.7. The predicted molar refractivity (Wildman–Crippen MR) is 136 cm³/mol. The molecule has 4 heteroatoms. The average molecular weight is 473 g/mol. The molecule has 4 nitrogen and oxygen atoms in total. The number of aliphatic hydroxyl groups is 1. The fourth-order valence-corrected chi connectivity index (χ4v) is 8.06. The molecule has 0 aliphatic heterocycles. The third-order valence-electron chi connectivity index (χ3n) is 10.7. The Morgan fingerprint density at radius 3 is 2.56 bits per heavy atom. The van der Waals surface area contributed by atoms with Gasteiger partial charge >= 0.3 is 0 Å². The van der Waals surface area contributed by atoms with E-state index in [9.17, 15) is 9.90 Å². The summed E-state index contributed by atoms with van der Waals surface area (Å²) in [5.74, 6) is 3.08. The van der Waals surface area contributed by atoms with Crippen LogP contribution in [-0.4, -0.2) is 37.0 Å². The smallest absolute Gasteiger partial charge is 0.147 e. The van der Waals surface area contributed by atoms with Crippen LogP contribution in [-0.2, 0) is 14.3 Å². The molecule has 4 rings (SSSR count). The predicted octanol–water partition coefficient (Wildman–Crippen LogP) is 6.33. The van der Waals surface area contributed by atoms with Gasteiger partial charge in [0.2, 0.25) is 0 Å². The van der Waals surface area contributed by atoms with E-state index in [4.69, 9.17) is 9.47 Å². The van der Waals surface area contributed by atoms with Crippen molar-refractivity contribution < 1.29 is 19.4 Å². The average Bonchev–Trinajstić information content (AvgIpc) is 3.31. The number of ketones is 1. The number of methoxy groups -OCH3 is 1. The fraction of sp³-hybridized carbons (Fsp3) is 0.833. The van der Waals surface area contributed by atoms with Gasteiger partial charge in [0.25, 0.3) is 0 Å². The van der Waals surface area contributed by atoms with Gasteiger partial charge in [0.1, 0.15) is 12.6 Å². The van der Waals surface area contributed by atoms with Crippen LogP contribution >= 0.6 is 0 Å². The number of aliphatic hydroxyl groups excluding tert-OH is 1. The van der Waals surface area contributed by atoms with Crippen molar-refractivity contribution in [3.63, 3.8) is 0 Å². The van der Waals surface area contributed by atoms with Crippen LogP contribution in [0.15, 0.2) is 23.8 Å². The number of hydrogen-bond donors (Lipinski definition) is 1. The van der Waals surface area contributed by atoms with Crippen molar-refractivity contribution in [1.29, 1.82) is 0 Å². The molecule has 0 saturated heterocycles. The SMILES string of the molecule is COCOC(C)(C)[C@@H](C)C=C[C@@H](C)[C@H]1CC[C@H]2C(=C[C@@H](CO)[C@]34C[C@H]3CCC4=O)CCC[C@]12C. The highest BCUT2D eigenvalue weighted by molar-refractivity contribution is 5.91. The summed E-state index contributed by atoms with van der Waals surface area (Å²) in [5.41, 5.74) is 1.39. The number of hydrogen-bond acceptors (Lipinski definition) is 4. The molecule has 4 aliphatic rings. The van der Waals surface area contributed by atoms with Crippen LogP contribution in [0, 0.1) is 46.3 Å². The molecule has 0 amide bonds. The molecule has 192 valence electrons. The Morgan fingerprint density at radius 2 is 1.94 bits per heavy atom. The van der Waals surface area contributed by atoms with Crippen LogP contribution in [0.3, 0.4) is 0 Å². The van der Waals surface area contributed by atoms with Gasteiger partial charge in [-0.3, -0.25) is 4.79 Å². The molecule has 0 aromatic carbocycles. The van der Waals surface area contributed by atoms with E-state index < -0.39 is 0 Å². The fourth-order valence-electron chi connectivity index (χ4n) is 8.06. The van der Waals surface area contributed by atoms with E-state index in [0.29, 0.717) is 47.6 Å². The Hall–Kier alpha value is -0.970. The molecule has 4 fully saturated rings. The first-order valence-electron chi connectivity index (χ1n) is 13.8. The zero-order valence-electron chi connectivity index (χ0n) is 22.4. The second-order valence-electron chi connectivity index (χ2n) is 12.7. The molecule has 0 aromatic heterocycles. The first-order chi connectivity index (χ1) is 16.1. The molecule has 0 heterocycles. The van der Waals surface area contributed by atoms with Crippen LogP contribution in [0.5, 0.6) is 0 Å². The Morgan fingerprint density at radius 1 is 1.18 bits per heavy atom. The third-order valence-corrected chi connectivity index (χ3v) is 10.7. The number of Topliss-reactive ketones (excluding diaryl/α,β-unsaturated/α-hetero) is 1. The molecule has 0 bridgehead atoms. The summed E-state index contributed by atoms with van der Waals surface area (Å²) in [6.07, 6.45) is 16.1. The van der Waals surface area contributed by atoms with Gasteiger partial charge in [0.15, 0.2) is 0 Å². The van der Waals surface area contributed by atoms with Crippen molar-refractivity contribution in [2.45, 2.75) is 91.6 Å². The van der Waals surface area contributed by atoms with Crippen molar-refractivity contribution in [1.82, 2.24) is 0 Å². The van der Waals surface area contributed by atoms with Gasteiger partial charge < -0.3 is 14.6 Å². The Bertz CT molecular complexity index is 813. The lowest BCUT2D eigenvalue weighted by Gasteiger charge is -2.44. The van der Waals surface area contributed by atoms with E-state index >= 15 is 0 Å². The maximum Gasteiger partial charge on any atom is 0.147 e. The van der Waals surface area contributed by atoms with Gasteiger partial charge in [-0.15, -0.1) is 0 Å². The van der Waals surface area contributed by atoms with E-state index in [1.165, 1.54) is 25.7 Å². The first kappa shape index (κ1) is 26.1. The van der Waals surface area contributed by atoms with Gasteiger partial charge in [0, 0.05) is 30.8 Å². The number of rotatable bonds is 10. The van der Waals surface area contributed by atoms with Gasteiger partial charge in [-0.2, -0.15) is 0 Å². The Balaban J connectivity index is 1.47. The summed E-state index contributed by atoms with van der Waals surface area (Å²) in [6.45, 7) is 11.8. The number of ether oxygens (including phenoxy) is 2. The minimum absolute atomic E-state index is 0.0383. The second-order valence-corrected chi connectivity index (χ2v) is 12.7. The van der Waals surface area contributed by atoms with Crippen LogP contribution < -0.4 is 0 Å². The van der Waals surface area contributed by atoms with E-state index in [0.717, 1.165) is 25.7 Å². The molecule has 4 saturated carbocycles.